The molecule has 1 aromatic carbocycles. The lowest BCUT2D eigenvalue weighted by Crippen LogP contribution is -2.47. The van der Waals surface area contributed by atoms with Crippen molar-refractivity contribution in [3.05, 3.63) is 65.6 Å². The van der Waals surface area contributed by atoms with E-state index in [2.05, 4.69) is 10.7 Å². The maximum absolute atomic E-state index is 11.6. The number of furan rings is 1. The van der Waals surface area contributed by atoms with Crippen LogP contribution in [0.1, 0.15) is 16.9 Å². The van der Waals surface area contributed by atoms with E-state index in [1.807, 2.05) is 36.6 Å². The summed E-state index contributed by atoms with van der Waals surface area (Å²) in [5.74, 6) is -1.89. The minimum absolute atomic E-state index is 0.0839. The van der Waals surface area contributed by atoms with Gasteiger partial charge in [0.05, 0.1) is 12.8 Å². The molecule has 3 amide bonds. The van der Waals surface area contributed by atoms with Gasteiger partial charge < -0.3 is 9.73 Å². The zero-order valence-corrected chi connectivity index (χ0v) is 13.0. The van der Waals surface area contributed by atoms with E-state index in [9.17, 15) is 14.4 Å². The number of carbonyl (C=O) groups excluding carboxylic acids is 3. The molecule has 1 aromatic heterocycles. The predicted molar refractivity (Wildman–Crippen MR) is 87.1 cm³/mol. The van der Waals surface area contributed by atoms with Crippen LogP contribution in [-0.4, -0.2) is 17.7 Å². The molecule has 0 unspecified atom stereocenters. The molecule has 7 nitrogen and oxygen atoms in total. The van der Waals surface area contributed by atoms with Crippen molar-refractivity contribution >= 4 is 23.8 Å². The molecule has 0 spiro atoms. The highest BCUT2D eigenvalue weighted by Crippen LogP contribution is 2.04. The maximum Gasteiger partial charge on any atom is 0.327 e. The molecule has 2 aromatic rings. The largest absolute Gasteiger partial charge is 0.467 e. The minimum Gasteiger partial charge on any atom is -0.467 e. The molecule has 0 fully saturated rings. The van der Waals surface area contributed by atoms with E-state index in [0.717, 1.165) is 11.1 Å². The molecule has 0 aliphatic heterocycles. The Bertz CT molecular complexity index is 734. The van der Waals surface area contributed by atoms with E-state index >= 15 is 0 Å². The van der Waals surface area contributed by atoms with Crippen LogP contribution in [0.15, 0.2) is 53.2 Å². The highest BCUT2D eigenvalue weighted by atomic mass is 16.3. The van der Waals surface area contributed by atoms with Gasteiger partial charge in [0, 0.05) is 6.08 Å². The van der Waals surface area contributed by atoms with Gasteiger partial charge >= 0.3 is 11.8 Å². The van der Waals surface area contributed by atoms with Crippen LogP contribution in [0.5, 0.6) is 0 Å². The summed E-state index contributed by atoms with van der Waals surface area (Å²) in [6.07, 6.45) is 4.31. The summed E-state index contributed by atoms with van der Waals surface area (Å²) in [6.45, 7) is 2.05. The van der Waals surface area contributed by atoms with Gasteiger partial charge in [0.2, 0.25) is 0 Å². The van der Waals surface area contributed by atoms with E-state index < -0.39 is 17.7 Å². The summed E-state index contributed by atoms with van der Waals surface area (Å²) >= 11 is 0. The molecule has 0 aliphatic rings. The third-order valence-corrected chi connectivity index (χ3v) is 3.01. The van der Waals surface area contributed by atoms with Gasteiger partial charge in [-0.25, -0.2) is 0 Å². The molecule has 1 heterocycles. The van der Waals surface area contributed by atoms with Gasteiger partial charge in [0.15, 0.2) is 0 Å². The Morgan fingerprint density at radius 2 is 1.79 bits per heavy atom. The van der Waals surface area contributed by atoms with E-state index in [-0.39, 0.29) is 6.54 Å². The second-order valence-electron chi connectivity index (χ2n) is 4.95. The first-order valence-corrected chi connectivity index (χ1v) is 7.20. The Balaban J connectivity index is 1.73. The first kappa shape index (κ1) is 17.0. The molecular formula is C17H17N3O4. The average Bonchev–Trinajstić information content (AvgIpc) is 3.10. The van der Waals surface area contributed by atoms with Gasteiger partial charge in [-0.3, -0.25) is 25.2 Å². The Hall–Kier alpha value is -3.35. The van der Waals surface area contributed by atoms with Crippen LogP contribution < -0.4 is 16.2 Å². The summed E-state index contributed by atoms with van der Waals surface area (Å²) < 4.78 is 5.02. The van der Waals surface area contributed by atoms with Crippen molar-refractivity contribution in [2.45, 2.75) is 13.5 Å². The van der Waals surface area contributed by atoms with Crippen LogP contribution in [-0.2, 0) is 20.9 Å². The summed E-state index contributed by atoms with van der Waals surface area (Å²) in [7, 11) is 0. The zero-order valence-electron chi connectivity index (χ0n) is 13.0. The fourth-order valence-corrected chi connectivity index (χ4v) is 1.73. The van der Waals surface area contributed by atoms with Crippen molar-refractivity contribution in [1.29, 1.82) is 0 Å². The number of rotatable bonds is 4. The molecule has 7 heteroatoms. The van der Waals surface area contributed by atoms with Gasteiger partial charge in [0.1, 0.15) is 5.76 Å². The Kier molecular flexibility index (Phi) is 5.90. The molecule has 24 heavy (non-hydrogen) atoms. The molecule has 3 N–H and O–H groups in total. The fraction of sp³-hybridized carbons (Fsp3) is 0.118. The van der Waals surface area contributed by atoms with Crippen LogP contribution in [0, 0.1) is 6.92 Å². The summed E-state index contributed by atoms with van der Waals surface area (Å²) in [5.41, 5.74) is 6.11. The fourth-order valence-electron chi connectivity index (χ4n) is 1.73. The molecule has 0 radical (unpaired) electrons. The lowest BCUT2D eigenvalue weighted by molar-refractivity contribution is -0.140. The zero-order chi connectivity index (χ0) is 17.4. The molecule has 0 bridgehead atoms. The lowest BCUT2D eigenvalue weighted by Gasteiger charge is -2.05. The van der Waals surface area contributed by atoms with E-state index in [4.69, 9.17) is 4.42 Å². The first-order chi connectivity index (χ1) is 11.5. The SMILES string of the molecule is Cc1ccc(/C=C/C(=O)NNC(=O)C(=O)NCc2ccco2)cc1. The van der Waals surface area contributed by atoms with Crippen molar-refractivity contribution in [1.82, 2.24) is 16.2 Å². The van der Waals surface area contributed by atoms with Crippen LogP contribution in [0.3, 0.4) is 0 Å². The lowest BCUT2D eigenvalue weighted by atomic mass is 10.1. The van der Waals surface area contributed by atoms with E-state index in [1.165, 1.54) is 12.3 Å². The van der Waals surface area contributed by atoms with E-state index in [0.29, 0.717) is 5.76 Å². The monoisotopic (exact) mass is 327 g/mol. The van der Waals surface area contributed by atoms with Gasteiger partial charge in [-0.2, -0.15) is 0 Å². The third kappa shape index (κ3) is 5.45. The Labute approximate surface area is 138 Å². The predicted octanol–water partition coefficient (Wildman–Crippen LogP) is 1.07. The highest BCUT2D eigenvalue weighted by molar-refractivity contribution is 6.35. The number of nitrogens with one attached hydrogen (secondary N) is 3. The van der Waals surface area contributed by atoms with Gasteiger partial charge in [0.25, 0.3) is 5.91 Å². The molecular weight excluding hydrogens is 310 g/mol. The van der Waals surface area contributed by atoms with Crippen molar-refractivity contribution in [2.75, 3.05) is 0 Å². The minimum atomic E-state index is -0.973. The van der Waals surface area contributed by atoms with Crippen LogP contribution in [0.4, 0.5) is 0 Å². The van der Waals surface area contributed by atoms with Gasteiger partial charge in [-0.15, -0.1) is 0 Å². The number of benzene rings is 1. The molecule has 0 atom stereocenters. The maximum atomic E-state index is 11.6. The number of hydrogen-bond donors (Lipinski definition) is 3. The highest BCUT2D eigenvalue weighted by Gasteiger charge is 2.13. The molecule has 0 saturated carbocycles. The standard InChI is InChI=1S/C17H17N3O4/c1-12-4-6-13(7-5-12)8-9-15(21)19-20-17(23)16(22)18-11-14-3-2-10-24-14/h2-10H,11H2,1H3,(H,18,22)(H,19,21)(H,20,23)/b9-8+. The van der Waals surface area contributed by atoms with E-state index in [1.54, 1.807) is 18.2 Å². The van der Waals surface area contributed by atoms with Crippen molar-refractivity contribution in [3.63, 3.8) is 0 Å². The average molecular weight is 327 g/mol. The Morgan fingerprint density at radius 3 is 2.46 bits per heavy atom. The van der Waals surface area contributed by atoms with Gasteiger partial charge in [-0.1, -0.05) is 29.8 Å². The Morgan fingerprint density at radius 1 is 1.04 bits per heavy atom. The second-order valence-corrected chi connectivity index (χ2v) is 4.95. The number of hydrogen-bond acceptors (Lipinski definition) is 4. The second kappa shape index (κ2) is 8.33. The summed E-state index contributed by atoms with van der Waals surface area (Å²) in [6, 6.07) is 10.9. The van der Waals surface area contributed by atoms with Crippen LogP contribution >= 0.6 is 0 Å². The van der Waals surface area contributed by atoms with Crippen molar-refractivity contribution in [2.24, 2.45) is 0 Å². The molecule has 0 aliphatic carbocycles. The van der Waals surface area contributed by atoms with Crippen molar-refractivity contribution in [3.8, 4) is 0 Å². The quantitative estimate of drug-likeness (QED) is 0.444. The number of hydrazine groups is 1. The third-order valence-electron chi connectivity index (χ3n) is 3.01. The smallest absolute Gasteiger partial charge is 0.327 e. The molecule has 0 saturated heterocycles. The normalized spacial score (nSPS) is 10.4. The summed E-state index contributed by atoms with van der Waals surface area (Å²) in [5, 5.41) is 2.36. The number of carbonyl (C=O) groups is 3. The van der Waals surface area contributed by atoms with Crippen molar-refractivity contribution < 1.29 is 18.8 Å². The van der Waals surface area contributed by atoms with Gasteiger partial charge in [-0.05, 0) is 30.7 Å². The summed E-state index contributed by atoms with van der Waals surface area (Å²) in [4.78, 5) is 34.6. The number of aryl methyl sites for hydroxylation is 1. The number of amides is 3. The molecule has 2 rings (SSSR count). The van der Waals surface area contributed by atoms with Crippen LogP contribution in [0.2, 0.25) is 0 Å². The first-order valence-electron chi connectivity index (χ1n) is 7.20. The molecule has 124 valence electrons. The van der Waals surface area contributed by atoms with Crippen LogP contribution in [0.25, 0.3) is 6.08 Å². The topological polar surface area (TPSA) is 100 Å².